The van der Waals surface area contributed by atoms with Crippen LogP contribution < -0.4 is 0 Å². The monoisotopic (exact) mass is 248 g/mol. The fourth-order valence-electron chi connectivity index (χ4n) is 0.834. The molecule has 0 radical (unpaired) electrons. The van der Waals surface area contributed by atoms with Crippen LogP contribution in [0.15, 0.2) is 16.6 Å². The van der Waals surface area contributed by atoms with Crippen molar-refractivity contribution < 1.29 is 9.90 Å². The molecule has 1 aromatic rings. The van der Waals surface area contributed by atoms with Crippen molar-refractivity contribution in [1.29, 1.82) is 0 Å². The zero-order chi connectivity index (χ0) is 9.14. The fraction of sp³-hybridized carbons (Fsp3) is 0.125. The number of rotatable bonds is 2. The lowest BCUT2D eigenvalue weighted by Gasteiger charge is -2.03. The molecule has 0 bridgehead atoms. The topological polar surface area (TPSA) is 37.3 Å². The molecule has 0 aliphatic carbocycles. The smallest absolute Gasteiger partial charge is 0.138 e. The number of phenolic OH excluding ortho intramolecular Hbond substituents is 1. The Labute approximate surface area is 83.3 Å². The van der Waals surface area contributed by atoms with Crippen molar-refractivity contribution in [1.82, 2.24) is 0 Å². The molecule has 0 aliphatic heterocycles. The molecule has 0 aliphatic rings. The van der Waals surface area contributed by atoms with Crippen molar-refractivity contribution in [2.45, 2.75) is 6.42 Å². The maximum atomic E-state index is 10.2. The molecule has 0 aromatic heterocycles. The fourth-order valence-corrected chi connectivity index (χ4v) is 1.34. The van der Waals surface area contributed by atoms with E-state index in [1.54, 1.807) is 12.1 Å². The van der Waals surface area contributed by atoms with Crippen molar-refractivity contribution in [2.75, 3.05) is 0 Å². The van der Waals surface area contributed by atoms with Gasteiger partial charge in [0.15, 0.2) is 0 Å². The summed E-state index contributed by atoms with van der Waals surface area (Å²) in [5.41, 5.74) is 0.540. The maximum Gasteiger partial charge on any atom is 0.138 e. The second kappa shape index (κ2) is 3.92. The second-order valence-electron chi connectivity index (χ2n) is 2.24. The zero-order valence-corrected chi connectivity index (χ0v) is 8.39. The predicted octanol–water partition coefficient (Wildman–Crippen LogP) is 2.55. The van der Waals surface area contributed by atoms with Gasteiger partial charge in [-0.05, 0) is 22.0 Å². The lowest BCUT2D eigenvalue weighted by molar-refractivity contribution is -0.107. The lowest BCUT2D eigenvalue weighted by atomic mass is 10.1. The van der Waals surface area contributed by atoms with Gasteiger partial charge in [0.2, 0.25) is 0 Å². The lowest BCUT2D eigenvalue weighted by Crippen LogP contribution is -1.87. The Morgan fingerprint density at radius 3 is 2.83 bits per heavy atom. The summed E-state index contributed by atoms with van der Waals surface area (Å²) in [5.74, 6) is -0.0295. The summed E-state index contributed by atoms with van der Waals surface area (Å²) in [6, 6.07) is 3.35. The Kier molecular flexibility index (Phi) is 3.12. The average Bonchev–Trinajstić information content (AvgIpc) is 2.07. The molecular weight excluding hydrogens is 243 g/mol. The van der Waals surface area contributed by atoms with Crippen LogP contribution in [0.1, 0.15) is 5.56 Å². The van der Waals surface area contributed by atoms with Crippen LogP contribution in [0.4, 0.5) is 0 Å². The van der Waals surface area contributed by atoms with E-state index in [2.05, 4.69) is 15.9 Å². The quantitative estimate of drug-likeness (QED) is 0.818. The normalized spacial score (nSPS) is 9.83. The molecule has 0 amide bonds. The van der Waals surface area contributed by atoms with Gasteiger partial charge in [0, 0.05) is 16.5 Å². The van der Waals surface area contributed by atoms with Crippen molar-refractivity contribution in [3.63, 3.8) is 0 Å². The number of benzene rings is 1. The molecule has 64 valence electrons. The third-order valence-electron chi connectivity index (χ3n) is 1.46. The standard InChI is InChI=1S/C8H6BrClO2/c9-6-2-1-5(3-4-11)8(12)7(6)10/h1-2,4,12H,3H2. The molecule has 0 saturated carbocycles. The first-order valence-corrected chi connectivity index (χ1v) is 4.43. The van der Waals surface area contributed by atoms with Gasteiger partial charge in [-0.25, -0.2) is 0 Å². The van der Waals surface area contributed by atoms with E-state index in [9.17, 15) is 9.90 Å². The van der Waals surface area contributed by atoms with Crippen molar-refractivity contribution in [3.05, 3.63) is 27.2 Å². The van der Waals surface area contributed by atoms with Crippen LogP contribution in [0.3, 0.4) is 0 Å². The van der Waals surface area contributed by atoms with Crippen LogP contribution in [0.25, 0.3) is 0 Å². The highest BCUT2D eigenvalue weighted by Gasteiger charge is 2.07. The minimum absolute atomic E-state index is 0.0295. The van der Waals surface area contributed by atoms with Crippen LogP contribution in [0.5, 0.6) is 5.75 Å². The average molecular weight is 249 g/mol. The Balaban J connectivity index is 3.16. The molecule has 0 spiro atoms. The van der Waals surface area contributed by atoms with Crippen molar-refractivity contribution >= 4 is 33.8 Å². The van der Waals surface area contributed by atoms with Gasteiger partial charge in [-0.15, -0.1) is 0 Å². The van der Waals surface area contributed by atoms with E-state index in [0.29, 0.717) is 10.0 Å². The van der Waals surface area contributed by atoms with Crippen LogP contribution in [-0.4, -0.2) is 11.4 Å². The third-order valence-corrected chi connectivity index (χ3v) is 2.73. The van der Waals surface area contributed by atoms with Crippen LogP contribution in [-0.2, 0) is 11.2 Å². The molecular formula is C8H6BrClO2. The predicted molar refractivity (Wildman–Crippen MR) is 50.6 cm³/mol. The molecule has 0 saturated heterocycles. The number of aldehydes is 1. The zero-order valence-electron chi connectivity index (χ0n) is 6.05. The minimum Gasteiger partial charge on any atom is -0.506 e. The van der Waals surface area contributed by atoms with Gasteiger partial charge in [0.1, 0.15) is 12.0 Å². The highest BCUT2D eigenvalue weighted by molar-refractivity contribution is 9.10. The summed E-state index contributed by atoms with van der Waals surface area (Å²) in [6.07, 6.45) is 0.901. The van der Waals surface area contributed by atoms with E-state index in [1.807, 2.05) is 0 Å². The van der Waals surface area contributed by atoms with Gasteiger partial charge < -0.3 is 9.90 Å². The number of aromatic hydroxyl groups is 1. The summed E-state index contributed by atoms with van der Waals surface area (Å²) >= 11 is 8.86. The van der Waals surface area contributed by atoms with Gasteiger partial charge >= 0.3 is 0 Å². The van der Waals surface area contributed by atoms with E-state index >= 15 is 0 Å². The number of hydrogen-bond acceptors (Lipinski definition) is 2. The Hall–Kier alpha value is -0.540. The van der Waals surface area contributed by atoms with Gasteiger partial charge in [-0.2, -0.15) is 0 Å². The summed E-state index contributed by atoms with van der Waals surface area (Å²) < 4.78 is 0.622. The summed E-state index contributed by atoms with van der Waals surface area (Å²) in [4.78, 5) is 10.2. The van der Waals surface area contributed by atoms with Crippen molar-refractivity contribution in [3.8, 4) is 5.75 Å². The van der Waals surface area contributed by atoms with E-state index in [-0.39, 0.29) is 17.2 Å². The number of halogens is 2. The summed E-state index contributed by atoms with van der Waals surface area (Å²) in [6.45, 7) is 0. The van der Waals surface area contributed by atoms with E-state index in [0.717, 1.165) is 6.29 Å². The number of carbonyl (C=O) groups excluding carboxylic acids is 1. The molecule has 1 N–H and O–H groups in total. The molecule has 0 fully saturated rings. The van der Waals surface area contributed by atoms with E-state index < -0.39 is 0 Å². The summed E-state index contributed by atoms with van der Waals surface area (Å²) in [5, 5.41) is 9.63. The SMILES string of the molecule is O=CCc1ccc(Br)c(Cl)c1O. The molecule has 2 nitrogen and oxygen atoms in total. The molecule has 12 heavy (non-hydrogen) atoms. The maximum absolute atomic E-state index is 10.2. The highest BCUT2D eigenvalue weighted by Crippen LogP contribution is 2.34. The van der Waals surface area contributed by atoms with E-state index in [4.69, 9.17) is 11.6 Å². The van der Waals surface area contributed by atoms with Gasteiger partial charge in [-0.1, -0.05) is 17.7 Å². The van der Waals surface area contributed by atoms with Crippen LogP contribution in [0.2, 0.25) is 5.02 Å². The van der Waals surface area contributed by atoms with Crippen LogP contribution >= 0.6 is 27.5 Å². The van der Waals surface area contributed by atoms with Crippen molar-refractivity contribution in [2.24, 2.45) is 0 Å². The van der Waals surface area contributed by atoms with Gasteiger partial charge in [-0.3, -0.25) is 0 Å². The summed E-state index contributed by atoms with van der Waals surface area (Å²) in [7, 11) is 0. The largest absolute Gasteiger partial charge is 0.506 e. The molecule has 0 unspecified atom stereocenters. The highest BCUT2D eigenvalue weighted by atomic mass is 79.9. The molecule has 0 heterocycles. The molecule has 1 aromatic carbocycles. The molecule has 0 atom stereocenters. The third kappa shape index (κ3) is 1.79. The minimum atomic E-state index is -0.0295. The first kappa shape index (κ1) is 9.55. The molecule has 1 rings (SSSR count). The number of hydrogen-bond donors (Lipinski definition) is 1. The Bertz CT molecular complexity index is 312. The first-order valence-electron chi connectivity index (χ1n) is 3.26. The molecule has 4 heteroatoms. The number of phenols is 1. The second-order valence-corrected chi connectivity index (χ2v) is 3.47. The van der Waals surface area contributed by atoms with Gasteiger partial charge in [0.05, 0.1) is 5.02 Å². The van der Waals surface area contributed by atoms with Gasteiger partial charge in [0.25, 0.3) is 0 Å². The van der Waals surface area contributed by atoms with Crippen LogP contribution in [0, 0.1) is 0 Å². The first-order chi connectivity index (χ1) is 5.66. The Morgan fingerprint density at radius 2 is 2.25 bits per heavy atom. The number of carbonyl (C=O) groups is 1. The Morgan fingerprint density at radius 1 is 1.58 bits per heavy atom. The van der Waals surface area contributed by atoms with E-state index in [1.165, 1.54) is 0 Å².